The second-order valence-electron chi connectivity index (χ2n) is 2.00. The molecule has 1 unspecified atom stereocenters. The van der Waals surface area contributed by atoms with Crippen molar-refractivity contribution in [1.29, 1.82) is 0 Å². The minimum atomic E-state index is -2.83. The Bertz CT molecular complexity index is 217. The number of allylic oxidation sites excluding steroid dienone is 1. The van der Waals surface area contributed by atoms with Crippen LogP contribution in [0.25, 0.3) is 0 Å². The topological polar surface area (TPSA) is 34.1 Å². The highest BCUT2D eigenvalue weighted by molar-refractivity contribution is 9.09. The fourth-order valence-corrected chi connectivity index (χ4v) is 2.68. The maximum atomic E-state index is 10.7. The minimum absolute atomic E-state index is 0.251. The molecular weight excluding hydrogens is 204 g/mol. The standard InChI is InChI=1S/C5H7BrO2S/c6-5-1-3-9(7,8)4-2-5/h1,3,5H,2,4H2. The van der Waals surface area contributed by atoms with Crippen LogP contribution in [0.4, 0.5) is 0 Å². The number of hydrogen-bond acceptors (Lipinski definition) is 2. The lowest BCUT2D eigenvalue weighted by Gasteiger charge is -2.08. The summed E-state index contributed by atoms with van der Waals surface area (Å²) in [5.74, 6) is 0.277. The Kier molecular flexibility index (Phi) is 1.96. The van der Waals surface area contributed by atoms with Crippen molar-refractivity contribution in [2.24, 2.45) is 0 Å². The number of alkyl halides is 1. The Labute approximate surface area is 63.0 Å². The molecule has 0 spiro atoms. The molecule has 4 heteroatoms. The van der Waals surface area contributed by atoms with Crippen LogP contribution in [0.5, 0.6) is 0 Å². The molecule has 0 bridgehead atoms. The second kappa shape index (κ2) is 2.42. The van der Waals surface area contributed by atoms with E-state index in [2.05, 4.69) is 15.9 Å². The Morgan fingerprint density at radius 2 is 2.22 bits per heavy atom. The molecule has 0 fully saturated rings. The molecule has 0 saturated carbocycles. The van der Waals surface area contributed by atoms with Crippen molar-refractivity contribution in [3.8, 4) is 0 Å². The van der Waals surface area contributed by atoms with Crippen LogP contribution in [0, 0.1) is 0 Å². The van der Waals surface area contributed by atoms with Crippen LogP contribution in [0.3, 0.4) is 0 Å². The molecule has 2 nitrogen and oxygen atoms in total. The molecule has 1 rings (SSSR count). The van der Waals surface area contributed by atoms with E-state index in [4.69, 9.17) is 0 Å². The highest BCUT2D eigenvalue weighted by Crippen LogP contribution is 2.15. The lowest BCUT2D eigenvalue weighted by Crippen LogP contribution is -2.12. The van der Waals surface area contributed by atoms with E-state index in [1.165, 1.54) is 5.41 Å². The molecule has 0 aromatic heterocycles. The van der Waals surface area contributed by atoms with Gasteiger partial charge in [-0.2, -0.15) is 0 Å². The quantitative estimate of drug-likeness (QED) is 0.562. The predicted octanol–water partition coefficient (Wildman–Crippen LogP) is 1.08. The Morgan fingerprint density at radius 3 is 2.56 bits per heavy atom. The van der Waals surface area contributed by atoms with Crippen LogP contribution >= 0.6 is 15.9 Å². The van der Waals surface area contributed by atoms with Gasteiger partial charge in [0.25, 0.3) is 0 Å². The van der Waals surface area contributed by atoms with Crippen molar-refractivity contribution >= 4 is 25.8 Å². The molecule has 52 valence electrons. The van der Waals surface area contributed by atoms with Gasteiger partial charge in [0.2, 0.25) is 0 Å². The van der Waals surface area contributed by atoms with Crippen LogP contribution < -0.4 is 0 Å². The molecule has 1 heterocycles. The van der Waals surface area contributed by atoms with Gasteiger partial charge in [0.1, 0.15) is 0 Å². The molecular formula is C5H7BrO2S. The molecule has 0 aromatic rings. The van der Waals surface area contributed by atoms with E-state index in [9.17, 15) is 8.42 Å². The lowest BCUT2D eigenvalue weighted by molar-refractivity contribution is 0.600. The first-order valence-electron chi connectivity index (χ1n) is 2.65. The summed E-state index contributed by atoms with van der Waals surface area (Å²) < 4.78 is 21.4. The maximum absolute atomic E-state index is 10.7. The molecule has 1 atom stereocenters. The lowest BCUT2D eigenvalue weighted by atomic mass is 10.3. The molecule has 0 saturated heterocycles. The van der Waals surface area contributed by atoms with Gasteiger partial charge in [-0.25, -0.2) is 8.42 Å². The Morgan fingerprint density at radius 1 is 1.56 bits per heavy atom. The monoisotopic (exact) mass is 210 g/mol. The fourth-order valence-electron chi connectivity index (χ4n) is 0.646. The third kappa shape index (κ3) is 2.10. The van der Waals surface area contributed by atoms with E-state index in [-0.39, 0.29) is 10.6 Å². The normalized spacial score (nSPS) is 32.3. The third-order valence-corrected chi connectivity index (χ3v) is 3.31. The van der Waals surface area contributed by atoms with Crippen molar-refractivity contribution in [1.82, 2.24) is 0 Å². The average Bonchev–Trinajstić information content (AvgIpc) is 1.78. The van der Waals surface area contributed by atoms with Crippen molar-refractivity contribution in [2.75, 3.05) is 5.75 Å². The summed E-state index contributed by atoms with van der Waals surface area (Å²) in [5.41, 5.74) is 0. The molecule has 0 N–H and O–H groups in total. The van der Waals surface area contributed by atoms with Gasteiger partial charge in [-0.05, 0) is 6.42 Å². The SMILES string of the molecule is O=S1(=O)C=CC(Br)CC1. The number of hydrogen-bond donors (Lipinski definition) is 0. The molecule has 9 heavy (non-hydrogen) atoms. The first-order chi connectivity index (χ1) is 4.10. The van der Waals surface area contributed by atoms with Crippen LogP contribution in [-0.2, 0) is 9.84 Å². The Hall–Kier alpha value is 0.170. The highest BCUT2D eigenvalue weighted by atomic mass is 79.9. The van der Waals surface area contributed by atoms with Gasteiger partial charge in [0, 0.05) is 10.2 Å². The minimum Gasteiger partial charge on any atom is -0.224 e. The van der Waals surface area contributed by atoms with Crippen LogP contribution in [0.2, 0.25) is 0 Å². The molecule has 0 aliphatic carbocycles. The van der Waals surface area contributed by atoms with E-state index in [0.717, 1.165) is 0 Å². The van der Waals surface area contributed by atoms with Gasteiger partial charge in [0.05, 0.1) is 5.75 Å². The predicted molar refractivity (Wildman–Crippen MR) is 40.3 cm³/mol. The summed E-state index contributed by atoms with van der Waals surface area (Å²) in [6, 6.07) is 0. The van der Waals surface area contributed by atoms with Crippen molar-refractivity contribution in [3.05, 3.63) is 11.5 Å². The van der Waals surface area contributed by atoms with Gasteiger partial charge in [-0.15, -0.1) is 0 Å². The summed E-state index contributed by atoms with van der Waals surface area (Å²) in [6.45, 7) is 0. The third-order valence-electron chi connectivity index (χ3n) is 1.17. The molecule has 1 aliphatic rings. The Balaban J connectivity index is 2.82. The maximum Gasteiger partial charge on any atom is 0.171 e. The van der Waals surface area contributed by atoms with E-state index in [0.29, 0.717) is 6.42 Å². The first-order valence-corrected chi connectivity index (χ1v) is 5.28. The van der Waals surface area contributed by atoms with Crippen molar-refractivity contribution in [3.63, 3.8) is 0 Å². The van der Waals surface area contributed by atoms with Crippen molar-refractivity contribution < 1.29 is 8.42 Å². The number of halogens is 1. The molecule has 0 radical (unpaired) electrons. The zero-order valence-corrected chi connectivity index (χ0v) is 7.15. The van der Waals surface area contributed by atoms with Crippen molar-refractivity contribution in [2.45, 2.75) is 11.2 Å². The highest BCUT2D eigenvalue weighted by Gasteiger charge is 2.14. The largest absolute Gasteiger partial charge is 0.224 e. The summed E-state index contributed by atoms with van der Waals surface area (Å²) in [7, 11) is -2.83. The van der Waals surface area contributed by atoms with Gasteiger partial charge < -0.3 is 0 Å². The molecule has 0 amide bonds. The van der Waals surface area contributed by atoms with Crippen LogP contribution in [0.15, 0.2) is 11.5 Å². The number of rotatable bonds is 0. The summed E-state index contributed by atoms with van der Waals surface area (Å²) in [6.07, 6.45) is 2.36. The van der Waals surface area contributed by atoms with Crippen LogP contribution in [-0.4, -0.2) is 19.0 Å². The smallest absolute Gasteiger partial charge is 0.171 e. The number of sulfone groups is 1. The summed E-state index contributed by atoms with van der Waals surface area (Å²) in [4.78, 5) is 0.251. The van der Waals surface area contributed by atoms with Gasteiger partial charge in [-0.1, -0.05) is 22.0 Å². The fraction of sp³-hybridized carbons (Fsp3) is 0.600. The molecule has 0 aromatic carbocycles. The van der Waals surface area contributed by atoms with E-state index >= 15 is 0 Å². The zero-order chi connectivity index (χ0) is 6.91. The van der Waals surface area contributed by atoms with E-state index in [1.807, 2.05) is 0 Å². The second-order valence-corrected chi connectivity index (χ2v) is 5.18. The van der Waals surface area contributed by atoms with Gasteiger partial charge >= 0.3 is 0 Å². The van der Waals surface area contributed by atoms with Gasteiger partial charge in [0.15, 0.2) is 9.84 Å². The van der Waals surface area contributed by atoms with E-state index in [1.54, 1.807) is 6.08 Å². The zero-order valence-electron chi connectivity index (χ0n) is 4.75. The molecule has 1 aliphatic heterocycles. The first kappa shape index (κ1) is 7.28. The van der Waals surface area contributed by atoms with Gasteiger partial charge in [-0.3, -0.25) is 0 Å². The van der Waals surface area contributed by atoms with E-state index < -0.39 is 9.84 Å². The van der Waals surface area contributed by atoms with Crippen LogP contribution in [0.1, 0.15) is 6.42 Å². The summed E-state index contributed by atoms with van der Waals surface area (Å²) in [5, 5.41) is 1.27. The average molecular weight is 211 g/mol. The summed E-state index contributed by atoms with van der Waals surface area (Å²) >= 11 is 3.29.